The number of nitrogens with zero attached hydrogens (tertiary/aromatic N) is 1. The molecule has 0 aliphatic rings. The van der Waals surface area contributed by atoms with E-state index in [0.29, 0.717) is 11.8 Å². The van der Waals surface area contributed by atoms with Crippen LogP contribution in [0.3, 0.4) is 0 Å². The molecule has 2 nitrogen and oxygen atoms in total. The Hall–Kier alpha value is -2.03. The maximum Gasteiger partial charge on any atom is 0.123 e. The van der Waals surface area contributed by atoms with Gasteiger partial charge >= 0.3 is 0 Å². The van der Waals surface area contributed by atoms with Crippen LogP contribution in [0, 0.1) is 5.82 Å². The number of aryl methyl sites for hydroxylation is 1. The molecule has 0 amide bonds. The molecule has 0 fully saturated rings. The van der Waals surface area contributed by atoms with Crippen LogP contribution in [0.2, 0.25) is 0 Å². The van der Waals surface area contributed by atoms with E-state index in [1.165, 1.54) is 17.7 Å². The van der Waals surface area contributed by atoms with E-state index in [0.717, 1.165) is 18.5 Å². The zero-order chi connectivity index (χ0) is 14.5. The number of hydrogen-bond donors (Lipinski definition) is 1. The minimum absolute atomic E-state index is 0.209. The summed E-state index contributed by atoms with van der Waals surface area (Å²) in [4.78, 5) is 2.15. The standard InChI is InChI=1S/C17H20FNO/c1-13(3-4-14-5-11-17(20)12-6-14)19(2)16-9-7-15(18)8-10-16/h5-13,20H,3-4H2,1-2H3. The van der Waals surface area contributed by atoms with E-state index in [1.807, 2.05) is 19.2 Å². The lowest BCUT2D eigenvalue weighted by Crippen LogP contribution is -2.29. The third kappa shape index (κ3) is 3.73. The van der Waals surface area contributed by atoms with E-state index < -0.39 is 0 Å². The summed E-state index contributed by atoms with van der Waals surface area (Å²) in [6.45, 7) is 2.16. The quantitative estimate of drug-likeness (QED) is 0.890. The van der Waals surface area contributed by atoms with Gasteiger partial charge < -0.3 is 10.0 Å². The second kappa shape index (κ2) is 6.42. The van der Waals surface area contributed by atoms with Crippen LogP contribution in [0.15, 0.2) is 48.5 Å². The first kappa shape index (κ1) is 14.4. The van der Waals surface area contributed by atoms with Gasteiger partial charge in [-0.3, -0.25) is 0 Å². The maximum atomic E-state index is 12.9. The van der Waals surface area contributed by atoms with Gasteiger partial charge in [-0.25, -0.2) is 4.39 Å². The van der Waals surface area contributed by atoms with Crippen molar-refractivity contribution in [2.45, 2.75) is 25.8 Å². The summed E-state index contributed by atoms with van der Waals surface area (Å²) in [7, 11) is 2.02. The van der Waals surface area contributed by atoms with E-state index in [-0.39, 0.29) is 5.82 Å². The Balaban J connectivity index is 1.92. The lowest BCUT2D eigenvalue weighted by Gasteiger charge is -2.27. The van der Waals surface area contributed by atoms with E-state index >= 15 is 0 Å². The van der Waals surface area contributed by atoms with E-state index in [9.17, 15) is 9.50 Å². The summed E-state index contributed by atoms with van der Waals surface area (Å²) in [5.41, 5.74) is 2.23. The van der Waals surface area contributed by atoms with E-state index in [1.54, 1.807) is 24.3 Å². The van der Waals surface area contributed by atoms with Crippen molar-refractivity contribution >= 4 is 5.69 Å². The van der Waals surface area contributed by atoms with Gasteiger partial charge in [-0.15, -0.1) is 0 Å². The molecule has 3 heteroatoms. The third-order valence-corrected chi connectivity index (χ3v) is 3.68. The molecule has 106 valence electrons. The fourth-order valence-electron chi connectivity index (χ4n) is 2.16. The highest BCUT2D eigenvalue weighted by atomic mass is 19.1. The topological polar surface area (TPSA) is 23.5 Å². The van der Waals surface area contributed by atoms with Gasteiger partial charge in [0.15, 0.2) is 0 Å². The second-order valence-electron chi connectivity index (χ2n) is 5.14. The van der Waals surface area contributed by atoms with Crippen LogP contribution in [0.5, 0.6) is 5.75 Å². The third-order valence-electron chi connectivity index (χ3n) is 3.68. The van der Waals surface area contributed by atoms with Crippen molar-refractivity contribution in [1.29, 1.82) is 0 Å². The normalized spacial score (nSPS) is 12.2. The van der Waals surface area contributed by atoms with Crippen LogP contribution in [0.25, 0.3) is 0 Å². The molecule has 0 bridgehead atoms. The Morgan fingerprint density at radius 2 is 1.65 bits per heavy atom. The highest BCUT2D eigenvalue weighted by Crippen LogP contribution is 2.19. The fourth-order valence-corrected chi connectivity index (χ4v) is 2.16. The van der Waals surface area contributed by atoms with Crippen LogP contribution in [-0.2, 0) is 6.42 Å². The van der Waals surface area contributed by atoms with Crippen molar-refractivity contribution in [1.82, 2.24) is 0 Å². The predicted molar refractivity (Wildman–Crippen MR) is 80.7 cm³/mol. The van der Waals surface area contributed by atoms with Crippen LogP contribution in [0.1, 0.15) is 18.9 Å². The molecule has 2 aromatic carbocycles. The molecule has 0 aliphatic carbocycles. The Morgan fingerprint density at radius 1 is 1.05 bits per heavy atom. The first-order chi connectivity index (χ1) is 9.56. The zero-order valence-electron chi connectivity index (χ0n) is 11.9. The van der Waals surface area contributed by atoms with Gasteiger partial charge in [0.1, 0.15) is 11.6 Å². The van der Waals surface area contributed by atoms with Crippen LogP contribution >= 0.6 is 0 Å². The van der Waals surface area contributed by atoms with Gasteiger partial charge in [0, 0.05) is 18.8 Å². The lowest BCUT2D eigenvalue weighted by molar-refractivity contribution is 0.475. The van der Waals surface area contributed by atoms with Gasteiger partial charge in [0.05, 0.1) is 0 Å². The smallest absolute Gasteiger partial charge is 0.123 e. The molecule has 0 radical (unpaired) electrons. The molecule has 2 aromatic rings. The van der Waals surface area contributed by atoms with E-state index in [2.05, 4.69) is 11.8 Å². The monoisotopic (exact) mass is 273 g/mol. The number of halogens is 1. The highest BCUT2D eigenvalue weighted by Gasteiger charge is 2.10. The molecule has 2 rings (SSSR count). The number of anilines is 1. The molecule has 20 heavy (non-hydrogen) atoms. The fraction of sp³-hybridized carbons (Fsp3) is 0.294. The van der Waals surface area contributed by atoms with Gasteiger partial charge in [-0.2, -0.15) is 0 Å². The Bertz CT molecular complexity index is 536. The van der Waals surface area contributed by atoms with E-state index in [4.69, 9.17) is 0 Å². The number of benzene rings is 2. The van der Waals surface area contributed by atoms with Crippen molar-refractivity contribution < 1.29 is 9.50 Å². The van der Waals surface area contributed by atoms with Crippen molar-refractivity contribution in [2.75, 3.05) is 11.9 Å². The number of rotatable bonds is 5. The first-order valence-corrected chi connectivity index (χ1v) is 6.82. The molecule has 1 unspecified atom stereocenters. The minimum atomic E-state index is -0.209. The Morgan fingerprint density at radius 3 is 2.25 bits per heavy atom. The molecule has 1 atom stereocenters. The zero-order valence-corrected chi connectivity index (χ0v) is 11.9. The summed E-state index contributed by atoms with van der Waals surface area (Å²) in [6.07, 6.45) is 1.95. The Kier molecular flexibility index (Phi) is 4.61. The second-order valence-corrected chi connectivity index (χ2v) is 5.14. The molecule has 0 saturated heterocycles. The molecule has 0 saturated carbocycles. The molecule has 0 spiro atoms. The maximum absolute atomic E-state index is 12.9. The largest absolute Gasteiger partial charge is 0.508 e. The van der Waals surface area contributed by atoms with Crippen molar-refractivity contribution in [3.63, 3.8) is 0 Å². The van der Waals surface area contributed by atoms with Gasteiger partial charge in [-0.05, 0) is 61.7 Å². The average Bonchev–Trinajstić information content (AvgIpc) is 2.46. The molecule has 0 heterocycles. The predicted octanol–water partition coefficient (Wildman–Crippen LogP) is 3.99. The number of phenols is 1. The summed E-state index contributed by atoms with van der Waals surface area (Å²) in [5.74, 6) is 0.0872. The Labute approximate surface area is 119 Å². The average molecular weight is 273 g/mol. The molecular weight excluding hydrogens is 253 g/mol. The summed E-state index contributed by atoms with van der Waals surface area (Å²) >= 11 is 0. The molecular formula is C17H20FNO. The SMILES string of the molecule is CC(CCc1ccc(O)cc1)N(C)c1ccc(F)cc1. The molecule has 0 aliphatic heterocycles. The van der Waals surface area contributed by atoms with Gasteiger partial charge in [0.25, 0.3) is 0 Å². The number of hydrogen-bond acceptors (Lipinski definition) is 2. The first-order valence-electron chi connectivity index (χ1n) is 6.82. The van der Waals surface area contributed by atoms with Gasteiger partial charge in [0.2, 0.25) is 0 Å². The van der Waals surface area contributed by atoms with Crippen molar-refractivity contribution in [3.8, 4) is 5.75 Å². The van der Waals surface area contributed by atoms with Crippen LogP contribution in [0.4, 0.5) is 10.1 Å². The lowest BCUT2D eigenvalue weighted by atomic mass is 10.0. The molecule has 1 N–H and O–H groups in total. The number of phenolic OH excluding ortho intramolecular Hbond substituents is 1. The summed E-state index contributed by atoms with van der Waals surface area (Å²) in [5, 5.41) is 9.25. The minimum Gasteiger partial charge on any atom is -0.508 e. The summed E-state index contributed by atoms with van der Waals surface area (Å²) < 4.78 is 12.9. The summed E-state index contributed by atoms with van der Waals surface area (Å²) in [6, 6.07) is 14.2. The highest BCUT2D eigenvalue weighted by molar-refractivity contribution is 5.46. The number of aromatic hydroxyl groups is 1. The van der Waals surface area contributed by atoms with Crippen LogP contribution in [-0.4, -0.2) is 18.2 Å². The van der Waals surface area contributed by atoms with Crippen molar-refractivity contribution in [2.24, 2.45) is 0 Å². The van der Waals surface area contributed by atoms with Crippen LogP contribution < -0.4 is 4.90 Å². The van der Waals surface area contributed by atoms with Gasteiger partial charge in [-0.1, -0.05) is 12.1 Å². The van der Waals surface area contributed by atoms with Crippen molar-refractivity contribution in [3.05, 3.63) is 59.9 Å². The molecule has 0 aromatic heterocycles.